The van der Waals surface area contributed by atoms with Crippen LogP contribution in [0.15, 0.2) is 78.9 Å². The van der Waals surface area contributed by atoms with Gasteiger partial charge in [-0.05, 0) is 64.1 Å². The maximum Gasteiger partial charge on any atom is 0.323 e. The number of carboxylic acid groups (broad SMARTS) is 1. The molecule has 0 aromatic heterocycles. The highest BCUT2D eigenvalue weighted by Gasteiger charge is 2.57. The first kappa shape index (κ1) is 31.0. The summed E-state index contributed by atoms with van der Waals surface area (Å²) in [5.74, 6) is -1.74. The van der Waals surface area contributed by atoms with Gasteiger partial charge in [-0.25, -0.2) is 0 Å². The van der Waals surface area contributed by atoms with Crippen molar-refractivity contribution >= 4 is 40.8 Å². The van der Waals surface area contributed by atoms with E-state index in [2.05, 4.69) is 37.5 Å². The Labute approximate surface area is 278 Å². The molecule has 0 unspecified atom stereocenters. The number of carbonyl (C=O) groups is 4. The molecule has 10 heteroatoms. The molecule has 0 aliphatic carbocycles. The van der Waals surface area contributed by atoms with Crippen molar-refractivity contribution in [3.05, 3.63) is 112 Å². The number of aliphatic carboxylic acids is 1. The Morgan fingerprint density at radius 1 is 0.667 bits per heavy atom. The average Bonchev–Trinajstić information content (AvgIpc) is 3.48. The van der Waals surface area contributed by atoms with E-state index in [1.54, 1.807) is 17.0 Å². The highest BCUT2D eigenvalue weighted by Crippen LogP contribution is 2.59. The summed E-state index contributed by atoms with van der Waals surface area (Å²) in [4.78, 5) is 59.5. The van der Waals surface area contributed by atoms with Gasteiger partial charge in [-0.15, -0.1) is 0 Å². The zero-order chi connectivity index (χ0) is 33.9. The molecule has 4 aromatic carbocycles. The molecular weight excluding hydrogens is 608 g/mol. The number of carboxylic acids is 1. The maximum absolute atomic E-state index is 14.7. The number of anilines is 3. The molecule has 0 saturated heterocycles. The lowest BCUT2D eigenvalue weighted by molar-refractivity contribution is -0.137. The quantitative estimate of drug-likeness (QED) is 0.217. The number of hydrogen-bond donors (Lipinski definition) is 1. The van der Waals surface area contributed by atoms with Gasteiger partial charge in [0, 0.05) is 77.6 Å². The van der Waals surface area contributed by atoms with E-state index in [1.807, 2.05) is 54.6 Å². The minimum Gasteiger partial charge on any atom is -0.480 e. The minimum atomic E-state index is -1.29. The van der Waals surface area contributed by atoms with E-state index in [0.717, 1.165) is 59.1 Å². The molecule has 3 aliphatic heterocycles. The average molecular weight is 645 g/mol. The zero-order valence-electron chi connectivity index (χ0n) is 27.3. The van der Waals surface area contributed by atoms with Crippen molar-refractivity contribution in [1.29, 1.82) is 0 Å². The first-order valence-electron chi connectivity index (χ1n) is 16.3. The van der Waals surface area contributed by atoms with Crippen molar-refractivity contribution < 1.29 is 29.0 Å². The van der Waals surface area contributed by atoms with Crippen LogP contribution in [0.1, 0.15) is 75.5 Å². The fourth-order valence-corrected chi connectivity index (χ4v) is 7.54. The van der Waals surface area contributed by atoms with Gasteiger partial charge in [-0.3, -0.25) is 29.0 Å². The van der Waals surface area contributed by atoms with Gasteiger partial charge in [0.2, 0.25) is 0 Å². The predicted molar refractivity (Wildman–Crippen MR) is 183 cm³/mol. The fraction of sp³-hybridized carbons (Fsp3) is 0.263. The number of rotatable bonds is 9. The molecule has 0 saturated carbocycles. The number of nitrogens with zero attached hydrogens (tertiary/aromatic N) is 4. The lowest BCUT2D eigenvalue weighted by atomic mass is 9.74. The predicted octanol–water partition coefficient (Wildman–Crippen LogP) is 6.12. The highest BCUT2D eigenvalue weighted by molar-refractivity contribution is 6.23. The second-order valence-corrected chi connectivity index (χ2v) is 12.0. The summed E-state index contributed by atoms with van der Waals surface area (Å²) in [7, 11) is 0. The maximum atomic E-state index is 14.7. The Kier molecular flexibility index (Phi) is 7.46. The Morgan fingerprint density at radius 3 is 1.79 bits per heavy atom. The van der Waals surface area contributed by atoms with Gasteiger partial charge >= 0.3 is 5.97 Å². The van der Waals surface area contributed by atoms with Gasteiger partial charge in [0.15, 0.2) is 0 Å². The lowest BCUT2D eigenvalue weighted by Crippen LogP contribution is -2.47. The minimum absolute atomic E-state index is 0.0546. The van der Waals surface area contributed by atoms with Crippen molar-refractivity contribution in [2.24, 2.45) is 0 Å². The van der Waals surface area contributed by atoms with Gasteiger partial charge in [0.05, 0.1) is 11.1 Å². The van der Waals surface area contributed by atoms with Crippen LogP contribution in [0.3, 0.4) is 0 Å². The smallest absolute Gasteiger partial charge is 0.323 e. The Hall–Kier alpha value is -5.64. The van der Waals surface area contributed by atoms with Crippen LogP contribution in [-0.4, -0.2) is 66.4 Å². The third-order valence-electron chi connectivity index (χ3n) is 9.78. The number of carbonyl (C=O) groups excluding carboxylic acids is 3. The van der Waals surface area contributed by atoms with Gasteiger partial charge in [-0.1, -0.05) is 30.3 Å². The molecule has 0 bridgehead atoms. The molecule has 3 amide bonds. The molecule has 244 valence electrons. The number of fused-ring (bicyclic) bond motifs is 7. The van der Waals surface area contributed by atoms with E-state index in [-0.39, 0.29) is 17.0 Å². The first-order valence-corrected chi connectivity index (χ1v) is 16.3. The van der Waals surface area contributed by atoms with E-state index < -0.39 is 29.9 Å². The van der Waals surface area contributed by atoms with E-state index >= 15 is 0 Å². The summed E-state index contributed by atoms with van der Waals surface area (Å²) >= 11 is 0. The van der Waals surface area contributed by atoms with Crippen LogP contribution < -0.4 is 19.4 Å². The summed E-state index contributed by atoms with van der Waals surface area (Å²) < 4.78 is 6.76. The summed E-state index contributed by atoms with van der Waals surface area (Å²) in [6.07, 6.45) is 0. The largest absolute Gasteiger partial charge is 0.480 e. The summed E-state index contributed by atoms with van der Waals surface area (Å²) in [6, 6.07) is 24.4. The van der Waals surface area contributed by atoms with E-state index in [0.29, 0.717) is 22.7 Å². The van der Waals surface area contributed by atoms with Crippen molar-refractivity contribution in [3.8, 4) is 11.5 Å². The van der Waals surface area contributed by atoms with Crippen molar-refractivity contribution in [2.75, 3.05) is 47.4 Å². The molecule has 3 aliphatic rings. The molecule has 4 aromatic rings. The normalized spacial score (nSPS) is 15.2. The Balaban J connectivity index is 1.51. The fourth-order valence-electron chi connectivity index (χ4n) is 7.54. The molecule has 1 N–H and O–H groups in total. The molecule has 0 atom stereocenters. The van der Waals surface area contributed by atoms with E-state index in [9.17, 15) is 24.3 Å². The van der Waals surface area contributed by atoms with E-state index in [4.69, 9.17) is 4.74 Å². The number of hydrogen-bond acceptors (Lipinski definition) is 7. The van der Waals surface area contributed by atoms with Gasteiger partial charge in [0.25, 0.3) is 17.7 Å². The second-order valence-electron chi connectivity index (χ2n) is 12.0. The molecule has 10 nitrogen and oxygen atoms in total. The van der Waals surface area contributed by atoms with Crippen LogP contribution in [0.5, 0.6) is 11.5 Å². The standard InChI is InChI=1S/C38H36N4O6/c1-5-39(6-2)23-14-17-30-32(20-23)48-33-21-24(40(7-3)8-4)15-18-31(33)38(30)29-12-10-9-11-27(29)37(47)42(38)25-13-16-26-28(19-25)36(46)41(35(26)45)22-34(43)44/h9-21H,5-8,22H2,1-4H3,(H,43,44). The monoisotopic (exact) mass is 644 g/mol. The SMILES string of the molecule is CCN(CC)c1ccc2c(c1)Oc1cc(N(CC)CC)ccc1C21c2ccccc2C(=O)N1c1ccc2c(c1)C(=O)N(CC(=O)O)C2=O. The topological polar surface area (TPSA) is 111 Å². The lowest BCUT2D eigenvalue weighted by Gasteiger charge is -2.44. The Bertz CT molecular complexity index is 1950. The molecule has 0 fully saturated rings. The molecule has 1 spiro atoms. The van der Waals surface area contributed by atoms with Crippen LogP contribution in [-0.2, 0) is 10.3 Å². The zero-order valence-corrected chi connectivity index (χ0v) is 27.3. The van der Waals surface area contributed by atoms with Crippen molar-refractivity contribution in [3.63, 3.8) is 0 Å². The molecule has 48 heavy (non-hydrogen) atoms. The number of amides is 3. The van der Waals surface area contributed by atoms with Crippen LogP contribution in [0.25, 0.3) is 0 Å². The van der Waals surface area contributed by atoms with Gasteiger partial charge in [0.1, 0.15) is 23.6 Å². The Morgan fingerprint density at radius 2 is 1.23 bits per heavy atom. The molecular formula is C38H36N4O6. The third kappa shape index (κ3) is 4.32. The molecule has 3 heterocycles. The van der Waals surface area contributed by atoms with Crippen LogP contribution in [0.4, 0.5) is 17.1 Å². The van der Waals surface area contributed by atoms with Crippen LogP contribution in [0, 0.1) is 0 Å². The highest BCUT2D eigenvalue weighted by atomic mass is 16.5. The van der Waals surface area contributed by atoms with Crippen LogP contribution in [0.2, 0.25) is 0 Å². The summed E-state index contributed by atoms with van der Waals surface area (Å²) in [5.41, 5.74) is 4.12. The van der Waals surface area contributed by atoms with Crippen molar-refractivity contribution in [1.82, 2.24) is 4.90 Å². The first-order chi connectivity index (χ1) is 23.2. The van der Waals surface area contributed by atoms with E-state index in [1.165, 1.54) is 12.1 Å². The third-order valence-corrected chi connectivity index (χ3v) is 9.78. The van der Waals surface area contributed by atoms with Gasteiger partial charge < -0.3 is 19.6 Å². The summed E-state index contributed by atoms with van der Waals surface area (Å²) in [6.45, 7) is 10.9. The second kappa shape index (κ2) is 11.6. The summed E-state index contributed by atoms with van der Waals surface area (Å²) in [5, 5.41) is 9.36. The number of benzene rings is 4. The van der Waals surface area contributed by atoms with Crippen LogP contribution >= 0.6 is 0 Å². The van der Waals surface area contributed by atoms with Crippen molar-refractivity contribution in [2.45, 2.75) is 33.2 Å². The number of ether oxygens (including phenoxy) is 1. The van der Waals surface area contributed by atoms with Gasteiger partial charge in [-0.2, -0.15) is 0 Å². The molecule has 0 radical (unpaired) electrons. The number of imide groups is 1. The molecule has 7 rings (SSSR count).